The summed E-state index contributed by atoms with van der Waals surface area (Å²) in [5.41, 5.74) is -0.0997. The summed E-state index contributed by atoms with van der Waals surface area (Å²) in [7, 11) is 1.27. The SMILES string of the molecule is COc1c(F)cc(C(C)(F)F)cc1CCON. The second-order valence-electron chi connectivity index (χ2n) is 3.66. The minimum absolute atomic E-state index is 0.0601. The molecule has 0 spiro atoms. The lowest BCUT2D eigenvalue weighted by Crippen LogP contribution is -2.11. The quantitative estimate of drug-likeness (QED) is 0.815. The molecule has 0 fully saturated rings. The Labute approximate surface area is 97.3 Å². The second kappa shape index (κ2) is 5.37. The molecule has 1 aromatic carbocycles. The zero-order valence-electron chi connectivity index (χ0n) is 9.60. The van der Waals surface area contributed by atoms with Crippen LogP contribution < -0.4 is 10.6 Å². The van der Waals surface area contributed by atoms with Gasteiger partial charge in [0, 0.05) is 24.5 Å². The predicted molar refractivity (Wildman–Crippen MR) is 56.4 cm³/mol. The third-order valence-corrected chi connectivity index (χ3v) is 2.32. The first-order valence-corrected chi connectivity index (χ1v) is 4.96. The largest absolute Gasteiger partial charge is 0.493 e. The average Bonchev–Trinajstić information content (AvgIpc) is 2.24. The lowest BCUT2D eigenvalue weighted by atomic mass is 10.0. The number of nitrogens with two attached hydrogens (primary N) is 1. The van der Waals surface area contributed by atoms with E-state index in [4.69, 9.17) is 10.6 Å². The highest BCUT2D eigenvalue weighted by molar-refractivity contribution is 5.40. The fraction of sp³-hybridized carbons (Fsp3) is 0.455. The number of hydrogen-bond acceptors (Lipinski definition) is 3. The number of hydrogen-bond donors (Lipinski definition) is 1. The number of rotatable bonds is 5. The van der Waals surface area contributed by atoms with Gasteiger partial charge >= 0.3 is 0 Å². The van der Waals surface area contributed by atoms with E-state index in [1.165, 1.54) is 13.2 Å². The zero-order valence-corrected chi connectivity index (χ0v) is 9.60. The van der Waals surface area contributed by atoms with Crippen LogP contribution in [0.2, 0.25) is 0 Å². The highest BCUT2D eigenvalue weighted by Crippen LogP contribution is 2.33. The summed E-state index contributed by atoms with van der Waals surface area (Å²) in [6.07, 6.45) is 0.195. The van der Waals surface area contributed by atoms with E-state index in [2.05, 4.69) is 4.84 Å². The summed E-state index contributed by atoms with van der Waals surface area (Å²) in [6, 6.07) is 1.96. The number of methoxy groups -OCH3 is 1. The Morgan fingerprint density at radius 3 is 2.47 bits per heavy atom. The van der Waals surface area contributed by atoms with Crippen molar-refractivity contribution in [2.45, 2.75) is 19.3 Å². The molecule has 0 aromatic heterocycles. The molecule has 96 valence electrons. The van der Waals surface area contributed by atoms with Crippen molar-refractivity contribution in [2.75, 3.05) is 13.7 Å². The van der Waals surface area contributed by atoms with E-state index < -0.39 is 17.3 Å². The van der Waals surface area contributed by atoms with Crippen LogP contribution >= 0.6 is 0 Å². The Bertz CT molecular complexity index is 391. The van der Waals surface area contributed by atoms with Gasteiger partial charge in [0.15, 0.2) is 11.6 Å². The van der Waals surface area contributed by atoms with Crippen molar-refractivity contribution >= 4 is 0 Å². The summed E-state index contributed by atoms with van der Waals surface area (Å²) in [5.74, 6) is 0.860. The van der Waals surface area contributed by atoms with Gasteiger partial charge < -0.3 is 9.57 Å². The third-order valence-electron chi connectivity index (χ3n) is 2.32. The van der Waals surface area contributed by atoms with Gasteiger partial charge in [-0.1, -0.05) is 0 Å². The van der Waals surface area contributed by atoms with E-state index in [-0.39, 0.29) is 18.8 Å². The molecule has 0 aliphatic carbocycles. The fourth-order valence-electron chi connectivity index (χ4n) is 1.49. The van der Waals surface area contributed by atoms with Crippen molar-refractivity contribution in [1.82, 2.24) is 0 Å². The molecule has 6 heteroatoms. The standard InChI is InChI=1S/C11H14F3NO2/c1-11(13,14)8-5-7(3-4-17-15)10(16-2)9(12)6-8/h5-6H,3-4,15H2,1-2H3. The number of ether oxygens (including phenoxy) is 1. The van der Waals surface area contributed by atoms with Gasteiger partial charge in [0.2, 0.25) is 0 Å². The third kappa shape index (κ3) is 3.34. The lowest BCUT2D eigenvalue weighted by Gasteiger charge is -2.15. The van der Waals surface area contributed by atoms with E-state index in [0.717, 1.165) is 6.07 Å². The molecule has 0 aliphatic heterocycles. The van der Waals surface area contributed by atoms with E-state index in [9.17, 15) is 13.2 Å². The van der Waals surface area contributed by atoms with Crippen LogP contribution in [-0.4, -0.2) is 13.7 Å². The van der Waals surface area contributed by atoms with Crippen LogP contribution in [0.1, 0.15) is 18.1 Å². The van der Waals surface area contributed by atoms with Gasteiger partial charge in [-0.2, -0.15) is 0 Å². The van der Waals surface area contributed by atoms with Gasteiger partial charge in [-0.25, -0.2) is 19.1 Å². The first-order valence-electron chi connectivity index (χ1n) is 4.96. The molecular weight excluding hydrogens is 235 g/mol. The van der Waals surface area contributed by atoms with Crippen molar-refractivity contribution in [2.24, 2.45) is 5.90 Å². The van der Waals surface area contributed by atoms with Gasteiger partial charge in [0.1, 0.15) is 0 Å². The van der Waals surface area contributed by atoms with Crippen LogP contribution in [0, 0.1) is 5.82 Å². The van der Waals surface area contributed by atoms with Crippen LogP contribution in [0.3, 0.4) is 0 Å². The Hall–Kier alpha value is -1.27. The first-order chi connectivity index (χ1) is 7.90. The number of benzene rings is 1. The first kappa shape index (κ1) is 13.8. The van der Waals surface area contributed by atoms with Crippen molar-refractivity contribution in [3.63, 3.8) is 0 Å². The van der Waals surface area contributed by atoms with Crippen molar-refractivity contribution in [3.8, 4) is 5.75 Å². The van der Waals surface area contributed by atoms with Crippen LogP contribution in [-0.2, 0) is 17.2 Å². The Balaban J connectivity index is 3.19. The Morgan fingerprint density at radius 1 is 1.35 bits per heavy atom. The zero-order chi connectivity index (χ0) is 13.1. The summed E-state index contributed by atoms with van der Waals surface area (Å²) in [6.45, 7) is 0.798. The van der Waals surface area contributed by atoms with E-state index in [0.29, 0.717) is 12.5 Å². The summed E-state index contributed by atoms with van der Waals surface area (Å²) < 4.78 is 44.6. The van der Waals surface area contributed by atoms with Crippen LogP contribution in [0.15, 0.2) is 12.1 Å². The summed E-state index contributed by atoms with van der Waals surface area (Å²) >= 11 is 0. The Kier molecular flexibility index (Phi) is 4.36. The average molecular weight is 249 g/mol. The molecule has 1 aromatic rings. The maximum atomic E-state index is 13.5. The molecule has 0 amide bonds. The molecule has 17 heavy (non-hydrogen) atoms. The molecule has 0 saturated carbocycles. The molecule has 0 bridgehead atoms. The fourth-order valence-corrected chi connectivity index (χ4v) is 1.49. The normalized spacial score (nSPS) is 11.6. The lowest BCUT2D eigenvalue weighted by molar-refractivity contribution is 0.0169. The van der Waals surface area contributed by atoms with Crippen molar-refractivity contribution in [1.29, 1.82) is 0 Å². The highest BCUT2D eigenvalue weighted by Gasteiger charge is 2.27. The monoisotopic (exact) mass is 249 g/mol. The van der Waals surface area contributed by atoms with Crippen molar-refractivity contribution in [3.05, 3.63) is 29.1 Å². The van der Waals surface area contributed by atoms with Gasteiger partial charge in [-0.05, 0) is 12.1 Å². The van der Waals surface area contributed by atoms with E-state index in [1.54, 1.807) is 0 Å². The molecule has 3 nitrogen and oxygen atoms in total. The second-order valence-corrected chi connectivity index (χ2v) is 3.66. The number of alkyl halides is 2. The number of halogens is 3. The highest BCUT2D eigenvalue weighted by atomic mass is 19.3. The predicted octanol–water partition coefficient (Wildman–Crippen LogP) is 2.38. The van der Waals surface area contributed by atoms with E-state index in [1.807, 2.05) is 0 Å². The van der Waals surface area contributed by atoms with Crippen molar-refractivity contribution < 1.29 is 22.7 Å². The summed E-state index contributed by atoms with van der Waals surface area (Å²) in [4.78, 5) is 4.35. The maximum absolute atomic E-state index is 13.5. The minimum Gasteiger partial charge on any atom is -0.493 e. The minimum atomic E-state index is -3.11. The smallest absolute Gasteiger partial charge is 0.270 e. The molecule has 2 N–H and O–H groups in total. The topological polar surface area (TPSA) is 44.5 Å². The van der Waals surface area contributed by atoms with Gasteiger partial charge in [-0.15, -0.1) is 0 Å². The van der Waals surface area contributed by atoms with Crippen LogP contribution in [0.4, 0.5) is 13.2 Å². The van der Waals surface area contributed by atoms with Gasteiger partial charge in [0.25, 0.3) is 5.92 Å². The molecule has 0 radical (unpaired) electrons. The molecule has 0 aliphatic rings. The van der Waals surface area contributed by atoms with Crippen LogP contribution in [0.5, 0.6) is 5.75 Å². The van der Waals surface area contributed by atoms with E-state index >= 15 is 0 Å². The molecule has 0 heterocycles. The summed E-state index contributed by atoms with van der Waals surface area (Å²) in [5, 5.41) is 0. The van der Waals surface area contributed by atoms with Gasteiger partial charge in [-0.3, -0.25) is 0 Å². The molecule has 0 saturated heterocycles. The van der Waals surface area contributed by atoms with Gasteiger partial charge in [0.05, 0.1) is 13.7 Å². The molecule has 0 atom stereocenters. The Morgan fingerprint density at radius 2 is 2.00 bits per heavy atom. The molecule has 0 unspecified atom stereocenters. The molecular formula is C11H14F3NO2. The molecule has 1 rings (SSSR count). The van der Waals surface area contributed by atoms with Crippen LogP contribution in [0.25, 0.3) is 0 Å². The maximum Gasteiger partial charge on any atom is 0.270 e.